The highest BCUT2D eigenvalue weighted by atomic mass is 32.2. The van der Waals surface area contributed by atoms with Gasteiger partial charge in [-0.05, 0) is 68.5 Å². The van der Waals surface area contributed by atoms with E-state index in [4.69, 9.17) is 21.7 Å². The van der Waals surface area contributed by atoms with E-state index in [1.807, 2.05) is 86.6 Å². The lowest BCUT2D eigenvalue weighted by atomic mass is 10.3. The molecule has 0 bridgehead atoms. The second kappa shape index (κ2) is 12.1. The highest BCUT2D eigenvalue weighted by Gasteiger charge is 2.16. The van der Waals surface area contributed by atoms with Gasteiger partial charge in [0.1, 0.15) is 11.5 Å². The topological polar surface area (TPSA) is 71.6 Å². The fourth-order valence-corrected chi connectivity index (χ4v) is 4.18. The summed E-state index contributed by atoms with van der Waals surface area (Å²) in [5.41, 5.74) is 2.27. The number of thioether (sulfide) groups is 1. The fraction of sp³-hybridized carbons (Fsp3) is 0.200. The Labute approximate surface area is 204 Å². The first-order chi connectivity index (χ1) is 16.0. The molecule has 3 rings (SSSR count). The third kappa shape index (κ3) is 7.13. The Bertz CT molecular complexity index is 1110. The van der Waals surface area contributed by atoms with Gasteiger partial charge in [0.25, 0.3) is 0 Å². The van der Waals surface area contributed by atoms with Crippen molar-refractivity contribution in [2.75, 3.05) is 29.7 Å². The molecule has 0 radical (unpaired) electrons. The number of hydrogen-bond acceptors (Lipinski definition) is 5. The first kappa shape index (κ1) is 24.4. The summed E-state index contributed by atoms with van der Waals surface area (Å²) in [5.74, 6) is 1.27. The zero-order chi connectivity index (χ0) is 23.6. The van der Waals surface area contributed by atoms with Gasteiger partial charge < -0.3 is 25.4 Å². The highest BCUT2D eigenvalue weighted by molar-refractivity contribution is 8.00. The number of benzene rings is 3. The van der Waals surface area contributed by atoms with Crippen molar-refractivity contribution >= 4 is 52.1 Å². The van der Waals surface area contributed by atoms with Gasteiger partial charge in [-0.2, -0.15) is 0 Å². The van der Waals surface area contributed by atoms with Crippen molar-refractivity contribution in [1.82, 2.24) is 0 Å². The summed E-state index contributed by atoms with van der Waals surface area (Å²) in [6.07, 6.45) is 0. The van der Waals surface area contributed by atoms with E-state index in [2.05, 4.69) is 16.0 Å². The van der Waals surface area contributed by atoms with Crippen LogP contribution in [0.1, 0.15) is 13.8 Å². The quantitative estimate of drug-likeness (QED) is 0.255. The minimum atomic E-state index is -0.311. The summed E-state index contributed by atoms with van der Waals surface area (Å²) < 4.78 is 10.9. The first-order valence-corrected chi connectivity index (χ1v) is 11.8. The molecule has 3 aromatic rings. The number of thiocarbonyl (C=S) groups is 1. The third-order valence-corrected chi connectivity index (χ3v) is 5.87. The number of hydrogen-bond donors (Lipinski definition) is 3. The van der Waals surface area contributed by atoms with Crippen LogP contribution >= 0.6 is 24.0 Å². The van der Waals surface area contributed by atoms with Crippen LogP contribution in [-0.2, 0) is 4.79 Å². The number of ether oxygens (including phenoxy) is 2. The monoisotopic (exact) mass is 481 g/mol. The van der Waals surface area contributed by atoms with E-state index in [9.17, 15) is 4.79 Å². The molecular formula is C25H27N3O3S2. The molecule has 0 fully saturated rings. The van der Waals surface area contributed by atoms with E-state index in [-0.39, 0.29) is 11.2 Å². The predicted octanol–water partition coefficient (Wildman–Crippen LogP) is 6.02. The van der Waals surface area contributed by atoms with Crippen LogP contribution in [0.25, 0.3) is 0 Å². The molecule has 0 aliphatic rings. The van der Waals surface area contributed by atoms with Crippen molar-refractivity contribution in [1.29, 1.82) is 0 Å². The van der Waals surface area contributed by atoms with Gasteiger partial charge in [0.2, 0.25) is 5.91 Å². The van der Waals surface area contributed by atoms with Gasteiger partial charge in [-0.25, -0.2) is 0 Å². The van der Waals surface area contributed by atoms with E-state index in [1.54, 1.807) is 7.11 Å². The first-order valence-electron chi connectivity index (χ1n) is 10.5. The van der Waals surface area contributed by atoms with Crippen LogP contribution in [-0.4, -0.2) is 30.0 Å². The molecule has 0 saturated carbocycles. The Hall–Kier alpha value is -3.23. The molecule has 8 heteroatoms. The maximum atomic E-state index is 12.8. The lowest BCUT2D eigenvalue weighted by Crippen LogP contribution is -2.22. The van der Waals surface area contributed by atoms with Crippen molar-refractivity contribution < 1.29 is 14.3 Å². The molecule has 0 heterocycles. The average molecular weight is 482 g/mol. The molecule has 33 heavy (non-hydrogen) atoms. The van der Waals surface area contributed by atoms with E-state index in [1.165, 1.54) is 11.8 Å². The molecule has 6 nitrogen and oxygen atoms in total. The molecule has 0 aromatic heterocycles. The van der Waals surface area contributed by atoms with Crippen molar-refractivity contribution in [3.05, 3.63) is 72.8 Å². The van der Waals surface area contributed by atoms with E-state index < -0.39 is 0 Å². The predicted molar refractivity (Wildman–Crippen MR) is 141 cm³/mol. The zero-order valence-corrected chi connectivity index (χ0v) is 20.4. The summed E-state index contributed by atoms with van der Waals surface area (Å²) in [6.45, 7) is 4.32. The molecule has 3 N–H and O–H groups in total. The summed E-state index contributed by atoms with van der Waals surface area (Å²) in [6, 6.07) is 22.7. The molecule has 3 aromatic carbocycles. The minimum Gasteiger partial charge on any atom is -0.495 e. The molecule has 1 unspecified atom stereocenters. The van der Waals surface area contributed by atoms with Crippen LogP contribution in [0.15, 0.2) is 77.7 Å². The Kier molecular flexibility index (Phi) is 8.97. The zero-order valence-electron chi connectivity index (χ0n) is 18.8. The highest BCUT2D eigenvalue weighted by Crippen LogP contribution is 2.29. The fourth-order valence-electron chi connectivity index (χ4n) is 3.02. The largest absolute Gasteiger partial charge is 0.495 e. The van der Waals surface area contributed by atoms with E-state index in [0.29, 0.717) is 28.9 Å². The number of anilines is 3. The van der Waals surface area contributed by atoms with Crippen LogP contribution < -0.4 is 25.4 Å². The smallest absolute Gasteiger partial charge is 0.237 e. The second-order valence-corrected chi connectivity index (χ2v) is 8.81. The van der Waals surface area contributed by atoms with Gasteiger partial charge in [-0.1, -0.05) is 30.3 Å². The molecule has 172 valence electrons. The van der Waals surface area contributed by atoms with Crippen molar-refractivity contribution in [2.45, 2.75) is 24.0 Å². The number of nitrogens with one attached hydrogen (secondary N) is 3. The molecule has 0 spiro atoms. The molecule has 0 aliphatic heterocycles. The second-order valence-electron chi connectivity index (χ2n) is 6.99. The molecular weight excluding hydrogens is 454 g/mol. The van der Waals surface area contributed by atoms with Gasteiger partial charge >= 0.3 is 0 Å². The lowest BCUT2D eigenvalue weighted by molar-refractivity contribution is -0.115. The minimum absolute atomic E-state index is 0.0983. The SMILES string of the molecule is CCOc1ccccc1NC(=O)C(C)Sc1cccc(NC(=S)Nc2ccccc2OC)c1. The van der Waals surface area contributed by atoms with Crippen LogP contribution in [0, 0.1) is 0 Å². The molecule has 0 aliphatic carbocycles. The molecule has 1 atom stereocenters. The lowest BCUT2D eigenvalue weighted by Gasteiger charge is -2.16. The van der Waals surface area contributed by atoms with E-state index in [0.717, 1.165) is 16.3 Å². The average Bonchev–Trinajstić information content (AvgIpc) is 2.81. The Balaban J connectivity index is 1.60. The number of rotatable bonds is 9. The Morgan fingerprint density at radius 1 is 0.939 bits per heavy atom. The van der Waals surface area contributed by atoms with Gasteiger partial charge in [-0.15, -0.1) is 11.8 Å². The number of amides is 1. The number of carbonyl (C=O) groups is 1. The Morgan fingerprint density at radius 2 is 1.61 bits per heavy atom. The number of methoxy groups -OCH3 is 1. The van der Waals surface area contributed by atoms with E-state index >= 15 is 0 Å². The standard InChI is InChI=1S/C25H27N3O3S2/c1-4-31-23-15-8-6-13-21(23)27-24(29)17(2)33-19-11-9-10-18(16-19)26-25(32)28-20-12-5-7-14-22(20)30-3/h5-17H,4H2,1-3H3,(H,27,29)(H2,26,28,32). The summed E-state index contributed by atoms with van der Waals surface area (Å²) >= 11 is 6.91. The number of carbonyl (C=O) groups excluding carboxylic acids is 1. The van der Waals surface area contributed by atoms with Gasteiger partial charge in [-0.3, -0.25) is 4.79 Å². The van der Waals surface area contributed by atoms with Crippen LogP contribution in [0.5, 0.6) is 11.5 Å². The third-order valence-electron chi connectivity index (χ3n) is 4.57. The van der Waals surface area contributed by atoms with Crippen LogP contribution in [0.4, 0.5) is 17.1 Å². The summed E-state index contributed by atoms with van der Waals surface area (Å²) in [5, 5.41) is 9.41. The Morgan fingerprint density at radius 3 is 2.30 bits per heavy atom. The van der Waals surface area contributed by atoms with Crippen molar-refractivity contribution in [3.63, 3.8) is 0 Å². The molecule has 0 saturated heterocycles. The van der Waals surface area contributed by atoms with Crippen molar-refractivity contribution in [3.8, 4) is 11.5 Å². The van der Waals surface area contributed by atoms with Gasteiger partial charge in [0.05, 0.1) is 30.3 Å². The number of para-hydroxylation sites is 4. The van der Waals surface area contributed by atoms with Crippen molar-refractivity contribution in [2.24, 2.45) is 0 Å². The van der Waals surface area contributed by atoms with Crippen LogP contribution in [0.2, 0.25) is 0 Å². The maximum absolute atomic E-state index is 12.8. The molecule has 1 amide bonds. The normalized spacial score (nSPS) is 11.2. The van der Waals surface area contributed by atoms with Gasteiger partial charge in [0, 0.05) is 10.6 Å². The summed E-state index contributed by atoms with van der Waals surface area (Å²) in [7, 11) is 1.62. The van der Waals surface area contributed by atoms with Crippen LogP contribution in [0.3, 0.4) is 0 Å². The van der Waals surface area contributed by atoms with Gasteiger partial charge in [0.15, 0.2) is 5.11 Å². The summed E-state index contributed by atoms with van der Waals surface area (Å²) in [4.78, 5) is 13.7. The maximum Gasteiger partial charge on any atom is 0.237 e.